The van der Waals surface area contributed by atoms with Gasteiger partial charge in [0.1, 0.15) is 0 Å². The number of halogens is 1. The van der Waals surface area contributed by atoms with Crippen LogP contribution in [-0.2, 0) is 13.1 Å². The summed E-state index contributed by atoms with van der Waals surface area (Å²) in [7, 11) is 0. The van der Waals surface area contributed by atoms with Crippen LogP contribution in [0.1, 0.15) is 23.9 Å². The first-order valence-corrected chi connectivity index (χ1v) is 6.48. The van der Waals surface area contributed by atoms with Gasteiger partial charge in [-0.3, -0.25) is 4.68 Å². The number of anilines is 1. The lowest BCUT2D eigenvalue weighted by atomic mass is 10.2. The van der Waals surface area contributed by atoms with Crippen LogP contribution in [0.3, 0.4) is 0 Å². The van der Waals surface area contributed by atoms with Crippen LogP contribution < -0.4 is 5.32 Å². The zero-order chi connectivity index (χ0) is 13.8. The minimum absolute atomic E-state index is 0.554. The number of nitrogens with one attached hydrogen (secondary N) is 1. The van der Waals surface area contributed by atoms with E-state index in [1.807, 2.05) is 23.7 Å². The second-order valence-electron chi connectivity index (χ2n) is 4.25. The van der Waals surface area contributed by atoms with Crippen molar-refractivity contribution in [3.05, 3.63) is 46.2 Å². The highest BCUT2D eigenvalue weighted by Crippen LogP contribution is 2.23. The molecule has 0 spiro atoms. The largest absolute Gasteiger partial charge is 0.378 e. The summed E-state index contributed by atoms with van der Waals surface area (Å²) in [5.41, 5.74) is 3.50. The van der Waals surface area contributed by atoms with Gasteiger partial charge in [0, 0.05) is 6.54 Å². The number of hydrogen-bond donors (Lipinski definition) is 1. The minimum Gasteiger partial charge on any atom is -0.378 e. The van der Waals surface area contributed by atoms with Crippen molar-refractivity contribution < 1.29 is 0 Å². The fourth-order valence-corrected chi connectivity index (χ4v) is 2.18. The minimum atomic E-state index is 0.554. The summed E-state index contributed by atoms with van der Waals surface area (Å²) < 4.78 is 1.96. The van der Waals surface area contributed by atoms with Gasteiger partial charge in [0.25, 0.3) is 0 Å². The Balaban J connectivity index is 2.12. The molecule has 19 heavy (non-hydrogen) atoms. The first-order valence-electron chi connectivity index (χ1n) is 6.11. The normalized spacial score (nSPS) is 10.2. The molecule has 0 atom stereocenters. The Morgan fingerprint density at radius 3 is 2.84 bits per heavy atom. The van der Waals surface area contributed by atoms with Crippen molar-refractivity contribution in [3.8, 4) is 6.07 Å². The van der Waals surface area contributed by atoms with E-state index in [4.69, 9.17) is 16.9 Å². The summed E-state index contributed by atoms with van der Waals surface area (Å²) in [6.07, 6.45) is 0. The van der Waals surface area contributed by atoms with Gasteiger partial charge < -0.3 is 5.32 Å². The van der Waals surface area contributed by atoms with Crippen LogP contribution in [-0.4, -0.2) is 9.78 Å². The number of benzene rings is 1. The Bertz CT molecular complexity index is 625. The molecule has 0 aliphatic rings. The monoisotopic (exact) mass is 274 g/mol. The van der Waals surface area contributed by atoms with Crippen molar-refractivity contribution in [2.24, 2.45) is 0 Å². The van der Waals surface area contributed by atoms with Gasteiger partial charge in [-0.05, 0) is 38.1 Å². The molecule has 1 aromatic carbocycles. The zero-order valence-corrected chi connectivity index (χ0v) is 11.7. The lowest BCUT2D eigenvalue weighted by molar-refractivity contribution is 0.623. The lowest BCUT2D eigenvalue weighted by Gasteiger charge is -2.09. The molecule has 1 heterocycles. The standard InChI is InChI=1S/C14H15ClN4/c1-3-19-12(6-10(2)18-19)9-17-14-5-4-11(8-16)7-13(14)15/h4-7,17H,3,9H2,1-2H3. The molecular weight excluding hydrogens is 260 g/mol. The molecule has 98 valence electrons. The maximum atomic E-state index is 8.79. The fourth-order valence-electron chi connectivity index (χ4n) is 1.93. The molecular formula is C14H15ClN4. The van der Waals surface area contributed by atoms with Crippen LogP contribution in [0, 0.1) is 18.3 Å². The van der Waals surface area contributed by atoms with Crippen LogP contribution in [0.5, 0.6) is 0 Å². The molecule has 0 amide bonds. The van der Waals surface area contributed by atoms with E-state index in [1.165, 1.54) is 0 Å². The van der Waals surface area contributed by atoms with Crippen molar-refractivity contribution >= 4 is 17.3 Å². The summed E-state index contributed by atoms with van der Waals surface area (Å²) in [6.45, 7) is 5.53. The molecule has 5 heteroatoms. The molecule has 0 aliphatic heterocycles. The van der Waals surface area contributed by atoms with E-state index in [0.717, 1.165) is 23.6 Å². The number of aryl methyl sites for hydroxylation is 2. The first kappa shape index (κ1) is 13.4. The van der Waals surface area contributed by atoms with Crippen LogP contribution in [0.2, 0.25) is 5.02 Å². The maximum Gasteiger partial charge on any atom is 0.0992 e. The van der Waals surface area contributed by atoms with Crippen molar-refractivity contribution in [1.82, 2.24) is 9.78 Å². The van der Waals surface area contributed by atoms with Gasteiger partial charge in [0.2, 0.25) is 0 Å². The topological polar surface area (TPSA) is 53.6 Å². The third kappa shape index (κ3) is 3.07. The van der Waals surface area contributed by atoms with Gasteiger partial charge in [0.15, 0.2) is 0 Å². The van der Waals surface area contributed by atoms with Crippen LogP contribution in [0.15, 0.2) is 24.3 Å². The fraction of sp³-hybridized carbons (Fsp3) is 0.286. The Hall–Kier alpha value is -1.99. The molecule has 0 aliphatic carbocycles. The van der Waals surface area contributed by atoms with E-state index in [0.29, 0.717) is 17.1 Å². The van der Waals surface area contributed by atoms with Gasteiger partial charge in [-0.25, -0.2) is 0 Å². The summed E-state index contributed by atoms with van der Waals surface area (Å²) in [5.74, 6) is 0. The van der Waals surface area contributed by atoms with Gasteiger partial charge in [0.05, 0.1) is 40.3 Å². The molecule has 0 radical (unpaired) electrons. The predicted molar refractivity (Wildman–Crippen MR) is 76.1 cm³/mol. The molecule has 0 saturated carbocycles. The van der Waals surface area contributed by atoms with Crippen molar-refractivity contribution in [1.29, 1.82) is 5.26 Å². The van der Waals surface area contributed by atoms with Gasteiger partial charge in [-0.15, -0.1) is 0 Å². The number of rotatable bonds is 4. The average molecular weight is 275 g/mol. The highest BCUT2D eigenvalue weighted by atomic mass is 35.5. The van der Waals surface area contributed by atoms with Gasteiger partial charge in [-0.1, -0.05) is 11.6 Å². The van der Waals surface area contributed by atoms with Gasteiger partial charge >= 0.3 is 0 Å². The van der Waals surface area contributed by atoms with E-state index in [9.17, 15) is 0 Å². The highest BCUT2D eigenvalue weighted by Gasteiger charge is 2.06. The summed E-state index contributed by atoms with van der Waals surface area (Å²) in [5, 5.41) is 17.0. The van der Waals surface area contributed by atoms with Crippen molar-refractivity contribution in [3.63, 3.8) is 0 Å². The molecule has 0 unspecified atom stereocenters. The molecule has 1 N–H and O–H groups in total. The SMILES string of the molecule is CCn1nc(C)cc1CNc1ccc(C#N)cc1Cl. The number of nitrogens with zero attached hydrogens (tertiary/aromatic N) is 3. The molecule has 2 rings (SSSR count). The summed E-state index contributed by atoms with van der Waals surface area (Å²) in [4.78, 5) is 0. The smallest absolute Gasteiger partial charge is 0.0992 e. The molecule has 0 saturated heterocycles. The molecule has 2 aromatic rings. The summed E-state index contributed by atoms with van der Waals surface area (Å²) in [6, 6.07) is 9.34. The molecule has 0 bridgehead atoms. The average Bonchev–Trinajstić information content (AvgIpc) is 2.77. The van der Waals surface area contributed by atoms with E-state index < -0.39 is 0 Å². The third-order valence-electron chi connectivity index (χ3n) is 2.84. The van der Waals surface area contributed by atoms with E-state index in [-0.39, 0.29) is 0 Å². The maximum absolute atomic E-state index is 8.79. The van der Waals surface area contributed by atoms with Crippen molar-refractivity contribution in [2.75, 3.05) is 5.32 Å². The number of hydrogen-bond acceptors (Lipinski definition) is 3. The van der Waals surface area contributed by atoms with Crippen LogP contribution >= 0.6 is 11.6 Å². The Morgan fingerprint density at radius 1 is 1.42 bits per heavy atom. The number of nitriles is 1. The third-order valence-corrected chi connectivity index (χ3v) is 3.16. The summed E-state index contributed by atoms with van der Waals surface area (Å²) >= 11 is 6.12. The van der Waals surface area contributed by atoms with E-state index in [2.05, 4.69) is 23.4 Å². The highest BCUT2D eigenvalue weighted by molar-refractivity contribution is 6.33. The molecule has 4 nitrogen and oxygen atoms in total. The van der Waals surface area contributed by atoms with Crippen LogP contribution in [0.25, 0.3) is 0 Å². The Morgan fingerprint density at radius 2 is 2.21 bits per heavy atom. The second-order valence-corrected chi connectivity index (χ2v) is 4.66. The molecule has 0 fully saturated rings. The predicted octanol–water partition coefficient (Wildman–Crippen LogP) is 3.35. The van der Waals surface area contributed by atoms with E-state index >= 15 is 0 Å². The van der Waals surface area contributed by atoms with E-state index in [1.54, 1.807) is 12.1 Å². The van der Waals surface area contributed by atoms with Crippen LogP contribution in [0.4, 0.5) is 5.69 Å². The Kier molecular flexibility index (Phi) is 4.08. The molecule has 1 aromatic heterocycles. The van der Waals surface area contributed by atoms with Crippen molar-refractivity contribution in [2.45, 2.75) is 26.9 Å². The zero-order valence-electron chi connectivity index (χ0n) is 10.9. The van der Waals surface area contributed by atoms with Gasteiger partial charge in [-0.2, -0.15) is 10.4 Å². The second kappa shape index (κ2) is 5.77. The Labute approximate surface area is 117 Å². The quantitative estimate of drug-likeness (QED) is 0.930. The number of aromatic nitrogens is 2. The lowest BCUT2D eigenvalue weighted by Crippen LogP contribution is -2.08. The first-order chi connectivity index (χ1) is 9.13.